The fourth-order valence-electron chi connectivity index (χ4n) is 4.34. The Morgan fingerprint density at radius 3 is 2.55 bits per heavy atom. The lowest BCUT2D eigenvalue weighted by atomic mass is 9.78. The van der Waals surface area contributed by atoms with E-state index in [1.165, 1.54) is 12.0 Å². The van der Waals surface area contributed by atoms with Crippen molar-refractivity contribution in [1.82, 2.24) is 0 Å². The summed E-state index contributed by atoms with van der Waals surface area (Å²) in [7, 11) is 3.04. The van der Waals surface area contributed by atoms with Crippen LogP contribution in [-0.2, 0) is 9.59 Å². The van der Waals surface area contributed by atoms with Crippen molar-refractivity contribution in [3.63, 3.8) is 0 Å². The zero-order valence-corrected chi connectivity index (χ0v) is 17.6. The van der Waals surface area contributed by atoms with E-state index in [1.807, 2.05) is 19.1 Å². The minimum atomic E-state index is -0.444. The Morgan fingerprint density at radius 2 is 1.84 bits per heavy atom. The number of nitrogens with one attached hydrogen (secondary N) is 1. The van der Waals surface area contributed by atoms with E-state index in [2.05, 4.69) is 5.32 Å². The van der Waals surface area contributed by atoms with Gasteiger partial charge in [0, 0.05) is 6.07 Å². The Balaban J connectivity index is 1.66. The third kappa shape index (κ3) is 3.56. The molecule has 2 aromatic rings. The molecule has 1 heterocycles. The number of allylic oxidation sites excluding steroid dienone is 2. The molecule has 1 saturated heterocycles. The molecule has 7 nitrogen and oxygen atoms in total. The fourth-order valence-corrected chi connectivity index (χ4v) is 4.34. The first kappa shape index (κ1) is 20.7. The smallest absolute Gasteiger partial charge is 0.257 e. The molecule has 1 fully saturated rings. The second-order valence-electron chi connectivity index (χ2n) is 7.70. The first-order valence-electron chi connectivity index (χ1n) is 10.1. The number of nitrogens with zero attached hydrogens (tertiary/aromatic N) is 1. The normalized spacial score (nSPS) is 22.3. The Labute approximate surface area is 180 Å². The van der Waals surface area contributed by atoms with Gasteiger partial charge in [-0.05, 0) is 36.6 Å². The molecule has 0 bridgehead atoms. The maximum Gasteiger partial charge on any atom is 0.257 e. The highest BCUT2D eigenvalue weighted by molar-refractivity contribution is 6.25. The summed E-state index contributed by atoms with van der Waals surface area (Å²) in [5.41, 5.74) is 0.985. The Kier molecular flexibility index (Phi) is 5.50. The molecule has 31 heavy (non-hydrogen) atoms. The summed E-state index contributed by atoms with van der Waals surface area (Å²) >= 11 is 0. The Hall–Kier alpha value is -3.61. The van der Waals surface area contributed by atoms with Crippen molar-refractivity contribution in [1.29, 1.82) is 0 Å². The molecule has 7 heteroatoms. The van der Waals surface area contributed by atoms with Crippen LogP contribution in [0.25, 0.3) is 0 Å². The highest BCUT2D eigenvalue weighted by Crippen LogP contribution is 2.41. The van der Waals surface area contributed by atoms with Crippen LogP contribution < -0.4 is 19.7 Å². The van der Waals surface area contributed by atoms with Crippen molar-refractivity contribution in [2.75, 3.05) is 24.4 Å². The van der Waals surface area contributed by atoms with Crippen LogP contribution in [0.2, 0.25) is 0 Å². The summed E-state index contributed by atoms with van der Waals surface area (Å²) < 4.78 is 10.5. The van der Waals surface area contributed by atoms with Gasteiger partial charge in [-0.25, -0.2) is 4.90 Å². The summed E-state index contributed by atoms with van der Waals surface area (Å²) in [5, 5.41) is 2.81. The van der Waals surface area contributed by atoms with Crippen LogP contribution in [0, 0.1) is 17.8 Å². The number of anilines is 2. The van der Waals surface area contributed by atoms with Gasteiger partial charge >= 0.3 is 0 Å². The SMILES string of the molecule is COc1ccc(NC(=O)c2ccccc2N2C(=O)[C@H]3[C@H](C)C=CC[C@H]3C2=O)c(OC)c1. The maximum atomic E-state index is 13.2. The lowest BCUT2D eigenvalue weighted by molar-refractivity contribution is -0.122. The summed E-state index contributed by atoms with van der Waals surface area (Å²) in [4.78, 5) is 40.6. The van der Waals surface area contributed by atoms with Crippen molar-refractivity contribution < 1.29 is 23.9 Å². The van der Waals surface area contributed by atoms with E-state index >= 15 is 0 Å². The predicted octanol–water partition coefficient (Wildman–Crippen LogP) is 3.66. The van der Waals surface area contributed by atoms with Crippen LogP contribution in [-0.4, -0.2) is 31.9 Å². The summed E-state index contributed by atoms with van der Waals surface area (Å²) in [6.45, 7) is 1.94. The van der Waals surface area contributed by atoms with Gasteiger partial charge in [0.05, 0.1) is 43.0 Å². The molecular weight excluding hydrogens is 396 g/mol. The van der Waals surface area contributed by atoms with Gasteiger partial charge in [-0.3, -0.25) is 14.4 Å². The number of carbonyl (C=O) groups excluding carboxylic acids is 3. The van der Waals surface area contributed by atoms with Crippen LogP contribution in [0.1, 0.15) is 23.7 Å². The molecule has 1 N–H and O–H groups in total. The van der Waals surface area contributed by atoms with Gasteiger partial charge in [-0.15, -0.1) is 0 Å². The largest absolute Gasteiger partial charge is 0.497 e. The topological polar surface area (TPSA) is 84.9 Å². The molecule has 1 aliphatic heterocycles. The second-order valence-corrected chi connectivity index (χ2v) is 7.70. The molecule has 0 radical (unpaired) electrons. The number of hydrogen-bond acceptors (Lipinski definition) is 5. The van der Waals surface area contributed by atoms with Crippen LogP contribution in [0.4, 0.5) is 11.4 Å². The molecule has 160 valence electrons. The standard InChI is InChI=1S/C24H24N2O5/c1-14-7-6-9-17-21(14)24(29)26(23(17)28)19-10-5-4-8-16(19)22(27)25-18-12-11-15(30-2)13-20(18)31-3/h4-8,10-14,17,21H,9H2,1-3H3,(H,25,27)/t14-,17-,21+/m1/s1. The van der Waals surface area contributed by atoms with E-state index in [4.69, 9.17) is 9.47 Å². The number of methoxy groups -OCH3 is 2. The van der Waals surface area contributed by atoms with E-state index in [0.717, 1.165) is 0 Å². The highest BCUT2D eigenvalue weighted by atomic mass is 16.5. The summed E-state index contributed by atoms with van der Waals surface area (Å²) in [6, 6.07) is 11.7. The van der Waals surface area contributed by atoms with Crippen molar-refractivity contribution >= 4 is 29.1 Å². The molecule has 3 amide bonds. The van der Waals surface area contributed by atoms with Crippen molar-refractivity contribution in [3.8, 4) is 11.5 Å². The number of carbonyl (C=O) groups is 3. The number of para-hydroxylation sites is 1. The number of amides is 3. The molecule has 0 aromatic heterocycles. The first-order chi connectivity index (χ1) is 15.0. The van der Waals surface area contributed by atoms with Gasteiger partial charge in [0.2, 0.25) is 11.8 Å². The molecule has 2 aromatic carbocycles. The Bertz CT molecular complexity index is 1080. The molecule has 2 aliphatic rings. The quantitative estimate of drug-likeness (QED) is 0.589. The van der Waals surface area contributed by atoms with Crippen LogP contribution in [0.15, 0.2) is 54.6 Å². The minimum Gasteiger partial charge on any atom is -0.497 e. The molecule has 4 rings (SSSR count). The van der Waals surface area contributed by atoms with E-state index < -0.39 is 11.8 Å². The van der Waals surface area contributed by atoms with E-state index in [-0.39, 0.29) is 29.2 Å². The van der Waals surface area contributed by atoms with Crippen LogP contribution in [0.3, 0.4) is 0 Å². The van der Waals surface area contributed by atoms with Crippen LogP contribution in [0.5, 0.6) is 11.5 Å². The van der Waals surface area contributed by atoms with Crippen LogP contribution >= 0.6 is 0 Å². The van der Waals surface area contributed by atoms with Gasteiger partial charge in [0.1, 0.15) is 11.5 Å². The lowest BCUT2D eigenvalue weighted by Crippen LogP contribution is -2.33. The number of hydrogen-bond donors (Lipinski definition) is 1. The van der Waals surface area contributed by atoms with Gasteiger partial charge < -0.3 is 14.8 Å². The van der Waals surface area contributed by atoms with E-state index in [9.17, 15) is 14.4 Å². The average molecular weight is 420 g/mol. The van der Waals surface area contributed by atoms with E-state index in [1.54, 1.807) is 49.6 Å². The van der Waals surface area contributed by atoms with Gasteiger partial charge in [0.15, 0.2) is 0 Å². The lowest BCUT2D eigenvalue weighted by Gasteiger charge is -2.22. The molecule has 0 saturated carbocycles. The number of fused-ring (bicyclic) bond motifs is 1. The molecule has 0 spiro atoms. The maximum absolute atomic E-state index is 13.2. The monoisotopic (exact) mass is 420 g/mol. The Morgan fingerprint density at radius 1 is 1.06 bits per heavy atom. The summed E-state index contributed by atoms with van der Waals surface area (Å²) in [6.07, 6.45) is 4.47. The van der Waals surface area contributed by atoms with Crippen molar-refractivity contribution in [2.24, 2.45) is 17.8 Å². The summed E-state index contributed by atoms with van der Waals surface area (Å²) in [5.74, 6) is -0.730. The molecular formula is C24H24N2O5. The zero-order chi connectivity index (χ0) is 22.1. The van der Waals surface area contributed by atoms with E-state index in [0.29, 0.717) is 29.3 Å². The van der Waals surface area contributed by atoms with Crippen molar-refractivity contribution in [2.45, 2.75) is 13.3 Å². The third-order valence-electron chi connectivity index (χ3n) is 5.92. The number of imide groups is 1. The van der Waals surface area contributed by atoms with Crippen molar-refractivity contribution in [3.05, 3.63) is 60.2 Å². The van der Waals surface area contributed by atoms with Gasteiger partial charge in [-0.2, -0.15) is 0 Å². The molecule has 3 atom stereocenters. The second kappa shape index (κ2) is 8.26. The minimum absolute atomic E-state index is 0.0234. The average Bonchev–Trinajstić information content (AvgIpc) is 3.04. The number of benzene rings is 2. The fraction of sp³-hybridized carbons (Fsp3) is 0.292. The third-order valence-corrected chi connectivity index (χ3v) is 5.92. The molecule has 0 unspecified atom stereocenters. The van der Waals surface area contributed by atoms with Gasteiger partial charge in [-0.1, -0.05) is 31.2 Å². The first-order valence-corrected chi connectivity index (χ1v) is 10.1. The predicted molar refractivity (Wildman–Crippen MR) is 116 cm³/mol. The number of ether oxygens (including phenoxy) is 2. The van der Waals surface area contributed by atoms with Gasteiger partial charge in [0.25, 0.3) is 5.91 Å². The highest BCUT2D eigenvalue weighted by Gasteiger charge is 2.51. The molecule has 1 aliphatic carbocycles. The number of rotatable bonds is 5. The zero-order valence-electron chi connectivity index (χ0n) is 17.6.